The van der Waals surface area contributed by atoms with Crippen LogP contribution in [-0.2, 0) is 6.42 Å². The fourth-order valence-electron chi connectivity index (χ4n) is 3.54. The predicted molar refractivity (Wildman–Crippen MR) is 92.5 cm³/mol. The number of hydrogen-bond acceptors (Lipinski definition) is 1. The maximum atomic E-state index is 12.9. The summed E-state index contributed by atoms with van der Waals surface area (Å²) < 4.78 is 0. The minimum absolute atomic E-state index is 0.125. The van der Waals surface area contributed by atoms with Crippen LogP contribution in [0.1, 0.15) is 28.9 Å². The van der Waals surface area contributed by atoms with Crippen LogP contribution in [0.4, 0.5) is 0 Å². The van der Waals surface area contributed by atoms with E-state index >= 15 is 0 Å². The fourth-order valence-corrected chi connectivity index (χ4v) is 3.54. The molecule has 1 atom stereocenters. The summed E-state index contributed by atoms with van der Waals surface area (Å²) in [5.74, 6) is 0.125. The number of nitrogens with zero attached hydrogens (tertiary/aromatic N) is 1. The Morgan fingerprint density at radius 3 is 2.70 bits per heavy atom. The third kappa shape index (κ3) is 2.74. The molecule has 1 aromatic heterocycles. The van der Waals surface area contributed by atoms with E-state index in [9.17, 15) is 4.79 Å². The van der Waals surface area contributed by atoms with Crippen molar-refractivity contribution in [1.29, 1.82) is 0 Å². The molecule has 1 amide bonds. The first-order valence-corrected chi connectivity index (χ1v) is 8.24. The molecule has 0 aliphatic carbocycles. The van der Waals surface area contributed by atoms with E-state index in [4.69, 9.17) is 0 Å². The summed E-state index contributed by atoms with van der Waals surface area (Å²) in [4.78, 5) is 18.2. The topological polar surface area (TPSA) is 36.1 Å². The van der Waals surface area contributed by atoms with E-state index < -0.39 is 0 Å². The standard InChI is InChI=1S/C20H20N2O/c23-20(19-14-16-9-4-5-11-18(16)21-19)22-12-6-10-17(22)13-15-7-2-1-3-8-15/h1-5,7-9,11,14,17,21H,6,10,12-13H2. The number of carbonyl (C=O) groups is 1. The molecular weight excluding hydrogens is 284 g/mol. The highest BCUT2D eigenvalue weighted by atomic mass is 16.2. The van der Waals surface area contributed by atoms with Gasteiger partial charge in [-0.2, -0.15) is 0 Å². The number of aromatic amines is 1. The van der Waals surface area contributed by atoms with E-state index in [2.05, 4.69) is 29.2 Å². The number of amides is 1. The van der Waals surface area contributed by atoms with Gasteiger partial charge in [0.1, 0.15) is 5.69 Å². The normalized spacial score (nSPS) is 17.7. The number of nitrogens with one attached hydrogen (secondary N) is 1. The smallest absolute Gasteiger partial charge is 0.270 e. The highest BCUT2D eigenvalue weighted by Gasteiger charge is 2.30. The van der Waals surface area contributed by atoms with Gasteiger partial charge in [0.2, 0.25) is 0 Å². The van der Waals surface area contributed by atoms with Crippen molar-refractivity contribution in [3.05, 3.63) is 71.9 Å². The molecule has 3 nitrogen and oxygen atoms in total. The zero-order valence-corrected chi connectivity index (χ0v) is 13.0. The minimum Gasteiger partial charge on any atom is -0.351 e. The molecular formula is C20H20N2O. The van der Waals surface area contributed by atoms with E-state index in [1.807, 2.05) is 41.3 Å². The van der Waals surface area contributed by atoms with Crippen molar-refractivity contribution in [2.75, 3.05) is 6.54 Å². The van der Waals surface area contributed by atoms with Gasteiger partial charge in [0.25, 0.3) is 5.91 Å². The maximum Gasteiger partial charge on any atom is 0.270 e. The van der Waals surface area contributed by atoms with Gasteiger partial charge in [-0.25, -0.2) is 0 Å². The largest absolute Gasteiger partial charge is 0.351 e. The SMILES string of the molecule is O=C(c1cc2ccccc2[nH]1)N1CCCC1Cc1ccccc1. The summed E-state index contributed by atoms with van der Waals surface area (Å²) in [5.41, 5.74) is 3.02. The van der Waals surface area contributed by atoms with Gasteiger partial charge in [-0.05, 0) is 37.0 Å². The van der Waals surface area contributed by atoms with Gasteiger partial charge in [0.05, 0.1) is 0 Å². The van der Waals surface area contributed by atoms with Gasteiger partial charge in [-0.1, -0.05) is 48.5 Å². The Hall–Kier alpha value is -2.55. The van der Waals surface area contributed by atoms with Crippen LogP contribution in [-0.4, -0.2) is 28.4 Å². The lowest BCUT2D eigenvalue weighted by Crippen LogP contribution is -2.37. The number of carbonyl (C=O) groups excluding carboxylic acids is 1. The third-order valence-electron chi connectivity index (χ3n) is 4.71. The van der Waals surface area contributed by atoms with Crippen LogP contribution in [0.25, 0.3) is 10.9 Å². The second-order valence-corrected chi connectivity index (χ2v) is 6.25. The van der Waals surface area contributed by atoms with Crippen LogP contribution in [0.2, 0.25) is 0 Å². The van der Waals surface area contributed by atoms with Crippen LogP contribution in [0, 0.1) is 0 Å². The zero-order chi connectivity index (χ0) is 15.6. The highest BCUT2D eigenvalue weighted by Crippen LogP contribution is 2.24. The first-order chi connectivity index (χ1) is 11.3. The average Bonchev–Trinajstić information content (AvgIpc) is 3.21. The Morgan fingerprint density at radius 2 is 1.87 bits per heavy atom. The van der Waals surface area contributed by atoms with Crippen LogP contribution in [0.5, 0.6) is 0 Å². The monoisotopic (exact) mass is 304 g/mol. The van der Waals surface area contributed by atoms with Crippen LogP contribution >= 0.6 is 0 Å². The molecule has 1 fully saturated rings. The molecule has 0 bridgehead atoms. The number of hydrogen-bond donors (Lipinski definition) is 1. The molecule has 1 N–H and O–H groups in total. The van der Waals surface area contributed by atoms with E-state index in [0.29, 0.717) is 11.7 Å². The first-order valence-electron chi connectivity index (χ1n) is 8.24. The molecule has 23 heavy (non-hydrogen) atoms. The Labute approximate surface area is 135 Å². The minimum atomic E-state index is 0.125. The molecule has 0 spiro atoms. The number of para-hydroxylation sites is 1. The van der Waals surface area contributed by atoms with Crippen molar-refractivity contribution >= 4 is 16.8 Å². The number of likely N-dealkylation sites (tertiary alicyclic amines) is 1. The quantitative estimate of drug-likeness (QED) is 0.779. The van der Waals surface area contributed by atoms with Crippen LogP contribution < -0.4 is 0 Å². The Balaban J connectivity index is 1.56. The summed E-state index contributed by atoms with van der Waals surface area (Å²) in [6.07, 6.45) is 3.11. The van der Waals surface area contributed by atoms with Crippen LogP contribution in [0.15, 0.2) is 60.7 Å². The lowest BCUT2D eigenvalue weighted by molar-refractivity contribution is 0.0731. The summed E-state index contributed by atoms with van der Waals surface area (Å²) in [6.45, 7) is 0.853. The van der Waals surface area contributed by atoms with Crippen molar-refractivity contribution in [2.45, 2.75) is 25.3 Å². The summed E-state index contributed by atoms with van der Waals surface area (Å²) in [7, 11) is 0. The fraction of sp³-hybridized carbons (Fsp3) is 0.250. The van der Waals surface area contributed by atoms with Crippen LogP contribution in [0.3, 0.4) is 0 Å². The van der Waals surface area contributed by atoms with Crippen molar-refractivity contribution < 1.29 is 4.79 Å². The molecule has 3 aromatic rings. The number of H-pyrrole nitrogens is 1. The molecule has 0 saturated carbocycles. The molecule has 1 saturated heterocycles. The maximum absolute atomic E-state index is 12.9. The Bertz CT molecular complexity index is 789. The molecule has 0 radical (unpaired) electrons. The van der Waals surface area contributed by atoms with Crippen molar-refractivity contribution in [3.8, 4) is 0 Å². The first kappa shape index (κ1) is 14.1. The van der Waals surface area contributed by atoms with Gasteiger partial charge < -0.3 is 9.88 Å². The molecule has 2 heterocycles. The number of aromatic nitrogens is 1. The predicted octanol–water partition coefficient (Wildman–Crippen LogP) is 4.02. The second kappa shape index (κ2) is 5.92. The molecule has 3 heteroatoms. The van der Waals surface area contributed by atoms with E-state index in [0.717, 1.165) is 36.7 Å². The number of benzene rings is 2. The zero-order valence-electron chi connectivity index (χ0n) is 13.0. The van der Waals surface area contributed by atoms with Crippen molar-refractivity contribution in [3.63, 3.8) is 0 Å². The second-order valence-electron chi connectivity index (χ2n) is 6.25. The van der Waals surface area contributed by atoms with Gasteiger partial charge in [0, 0.05) is 23.5 Å². The molecule has 1 aliphatic rings. The van der Waals surface area contributed by atoms with Crippen molar-refractivity contribution in [2.24, 2.45) is 0 Å². The Kier molecular flexibility index (Phi) is 3.62. The van der Waals surface area contributed by atoms with Crippen molar-refractivity contribution in [1.82, 2.24) is 9.88 Å². The third-order valence-corrected chi connectivity index (χ3v) is 4.71. The molecule has 1 unspecified atom stereocenters. The van der Waals surface area contributed by atoms with E-state index in [1.165, 1.54) is 5.56 Å². The average molecular weight is 304 g/mol. The lowest BCUT2D eigenvalue weighted by Gasteiger charge is -2.24. The van der Waals surface area contributed by atoms with E-state index in [-0.39, 0.29) is 5.91 Å². The van der Waals surface area contributed by atoms with Gasteiger partial charge >= 0.3 is 0 Å². The summed E-state index contributed by atoms with van der Waals surface area (Å²) in [5, 5.41) is 1.09. The number of fused-ring (bicyclic) bond motifs is 1. The Morgan fingerprint density at radius 1 is 1.09 bits per heavy atom. The van der Waals surface area contributed by atoms with Gasteiger partial charge in [0.15, 0.2) is 0 Å². The summed E-state index contributed by atoms with van der Waals surface area (Å²) >= 11 is 0. The molecule has 116 valence electrons. The molecule has 2 aromatic carbocycles. The molecule has 4 rings (SSSR count). The number of rotatable bonds is 3. The van der Waals surface area contributed by atoms with E-state index in [1.54, 1.807) is 0 Å². The summed E-state index contributed by atoms with van der Waals surface area (Å²) in [6, 6.07) is 20.7. The molecule has 1 aliphatic heterocycles. The van der Waals surface area contributed by atoms with Gasteiger partial charge in [-0.3, -0.25) is 4.79 Å². The highest BCUT2D eigenvalue weighted by molar-refractivity contribution is 5.98. The lowest BCUT2D eigenvalue weighted by atomic mass is 10.0. The van der Waals surface area contributed by atoms with Gasteiger partial charge in [-0.15, -0.1) is 0 Å².